The molecule has 1 N–H and O–H groups in total. The summed E-state index contributed by atoms with van der Waals surface area (Å²) in [5.74, 6) is -0.586. The molecule has 0 spiro atoms. The normalized spacial score (nSPS) is 24.3. The van der Waals surface area contributed by atoms with E-state index in [-0.39, 0.29) is 36.3 Å². The Balaban J connectivity index is 1.44. The van der Waals surface area contributed by atoms with Gasteiger partial charge in [0.1, 0.15) is 5.60 Å². The number of rotatable bonds is 6. The molecule has 0 saturated carbocycles. The lowest BCUT2D eigenvalue weighted by Crippen LogP contribution is -2.51. The minimum atomic E-state index is -0.868. The van der Waals surface area contributed by atoms with Gasteiger partial charge in [0.15, 0.2) is 0 Å². The predicted molar refractivity (Wildman–Crippen MR) is 131 cm³/mol. The molecule has 3 aliphatic rings. The average molecular weight is 494 g/mol. The highest BCUT2D eigenvalue weighted by Crippen LogP contribution is 2.27. The fourth-order valence-corrected chi connectivity index (χ4v) is 5.56. The van der Waals surface area contributed by atoms with Crippen LogP contribution in [0.5, 0.6) is 0 Å². The number of carboxylic acid groups (broad SMARTS) is 1. The Morgan fingerprint density at radius 3 is 2.26 bits per heavy atom. The lowest BCUT2D eigenvalue weighted by atomic mass is 9.90. The van der Waals surface area contributed by atoms with Crippen molar-refractivity contribution in [3.05, 3.63) is 0 Å². The van der Waals surface area contributed by atoms with Gasteiger partial charge in [-0.15, -0.1) is 0 Å². The van der Waals surface area contributed by atoms with Crippen molar-refractivity contribution < 1.29 is 29.0 Å². The second-order valence-electron chi connectivity index (χ2n) is 11.4. The molecule has 0 aromatic heterocycles. The largest absolute Gasteiger partial charge is 0.481 e. The number of aliphatic carboxylic acids is 1. The number of hydrogen-bond acceptors (Lipinski definition) is 5. The monoisotopic (exact) mass is 493 g/mol. The molecule has 3 aliphatic heterocycles. The van der Waals surface area contributed by atoms with Crippen LogP contribution in [0.1, 0.15) is 85.0 Å². The maximum Gasteiger partial charge on any atom is 0.410 e. The molecule has 0 aromatic rings. The van der Waals surface area contributed by atoms with E-state index in [0.29, 0.717) is 45.1 Å². The lowest BCUT2D eigenvalue weighted by molar-refractivity contribution is -0.146. The second-order valence-corrected chi connectivity index (χ2v) is 11.4. The molecule has 1 unspecified atom stereocenters. The summed E-state index contributed by atoms with van der Waals surface area (Å²) in [7, 11) is 0. The van der Waals surface area contributed by atoms with Crippen LogP contribution in [-0.2, 0) is 19.1 Å². The number of nitrogens with zero attached hydrogens (tertiary/aromatic N) is 3. The van der Waals surface area contributed by atoms with Gasteiger partial charge in [-0.2, -0.15) is 0 Å². The van der Waals surface area contributed by atoms with Gasteiger partial charge in [0, 0.05) is 45.2 Å². The van der Waals surface area contributed by atoms with Crippen LogP contribution in [-0.4, -0.2) is 88.0 Å². The summed E-state index contributed by atoms with van der Waals surface area (Å²) >= 11 is 0. The summed E-state index contributed by atoms with van der Waals surface area (Å²) < 4.78 is 5.45. The van der Waals surface area contributed by atoms with Gasteiger partial charge < -0.3 is 24.5 Å². The molecular formula is C26H43N3O6. The third-order valence-electron chi connectivity index (χ3n) is 7.48. The summed E-state index contributed by atoms with van der Waals surface area (Å²) in [5.41, 5.74) is -0.501. The molecular weight excluding hydrogens is 450 g/mol. The Morgan fingerprint density at radius 1 is 0.886 bits per heavy atom. The van der Waals surface area contributed by atoms with Crippen molar-refractivity contribution in [2.75, 3.05) is 32.7 Å². The number of carboxylic acids is 1. The standard InChI is InChI=1S/C26H43N3O6/c1-26(2,3)35-25(34)27-15-11-19(12-16-27)9-10-22(30)28-13-6-7-20(18-28)24(33)29-14-5-4-8-21(29)17-23(31)32/h19-21H,4-18H2,1-3H3,(H,31,32)/t20-,21?/m1/s1. The first-order valence-electron chi connectivity index (χ1n) is 13.3. The Labute approximate surface area is 209 Å². The minimum absolute atomic E-state index is 0.00610. The molecule has 2 atom stereocenters. The average Bonchev–Trinajstić information content (AvgIpc) is 2.81. The predicted octanol–water partition coefficient (Wildman–Crippen LogP) is 3.51. The molecule has 3 amide bonds. The smallest absolute Gasteiger partial charge is 0.410 e. The fraction of sp³-hybridized carbons (Fsp3) is 0.846. The van der Waals surface area contributed by atoms with Gasteiger partial charge in [-0.1, -0.05) is 0 Å². The van der Waals surface area contributed by atoms with Crippen molar-refractivity contribution in [3.8, 4) is 0 Å². The van der Waals surface area contributed by atoms with Crippen molar-refractivity contribution in [1.29, 1.82) is 0 Å². The molecule has 0 aliphatic carbocycles. The molecule has 35 heavy (non-hydrogen) atoms. The molecule has 9 heteroatoms. The highest BCUT2D eigenvalue weighted by molar-refractivity contribution is 5.82. The van der Waals surface area contributed by atoms with Gasteiger partial charge in [0.05, 0.1) is 12.3 Å². The van der Waals surface area contributed by atoms with Gasteiger partial charge in [-0.3, -0.25) is 14.4 Å². The number of likely N-dealkylation sites (tertiary alicyclic amines) is 3. The maximum atomic E-state index is 13.2. The number of hydrogen-bond donors (Lipinski definition) is 1. The van der Waals surface area contributed by atoms with E-state index in [1.165, 1.54) is 0 Å². The number of ether oxygens (including phenoxy) is 1. The van der Waals surface area contributed by atoms with E-state index in [4.69, 9.17) is 4.74 Å². The summed E-state index contributed by atoms with van der Waals surface area (Å²) in [6.07, 6.45) is 6.87. The van der Waals surface area contributed by atoms with Crippen LogP contribution < -0.4 is 0 Å². The van der Waals surface area contributed by atoms with Crippen LogP contribution in [0.25, 0.3) is 0 Å². The quantitative estimate of drug-likeness (QED) is 0.607. The zero-order valence-electron chi connectivity index (χ0n) is 21.7. The van der Waals surface area contributed by atoms with E-state index in [1.807, 2.05) is 25.7 Å². The van der Waals surface area contributed by atoms with Crippen LogP contribution in [0.3, 0.4) is 0 Å². The number of amides is 3. The molecule has 3 saturated heterocycles. The van der Waals surface area contributed by atoms with E-state index in [2.05, 4.69) is 0 Å². The van der Waals surface area contributed by atoms with E-state index >= 15 is 0 Å². The number of carbonyl (C=O) groups excluding carboxylic acids is 3. The van der Waals surface area contributed by atoms with Gasteiger partial charge in [-0.25, -0.2) is 4.79 Å². The zero-order chi connectivity index (χ0) is 25.6. The maximum absolute atomic E-state index is 13.2. The van der Waals surface area contributed by atoms with E-state index in [1.54, 1.807) is 9.80 Å². The van der Waals surface area contributed by atoms with Gasteiger partial charge in [-0.05, 0) is 78.1 Å². The van der Waals surface area contributed by atoms with Crippen molar-refractivity contribution in [2.24, 2.45) is 11.8 Å². The molecule has 3 fully saturated rings. The molecule has 9 nitrogen and oxygen atoms in total. The van der Waals surface area contributed by atoms with Gasteiger partial charge >= 0.3 is 12.1 Å². The summed E-state index contributed by atoms with van der Waals surface area (Å²) in [6.45, 7) is 8.63. The third-order valence-corrected chi connectivity index (χ3v) is 7.48. The molecule has 0 bridgehead atoms. The Morgan fingerprint density at radius 2 is 1.60 bits per heavy atom. The summed E-state index contributed by atoms with van der Waals surface area (Å²) in [5, 5.41) is 9.23. The minimum Gasteiger partial charge on any atom is -0.481 e. The van der Waals surface area contributed by atoms with Crippen molar-refractivity contribution in [1.82, 2.24) is 14.7 Å². The Hall–Kier alpha value is -2.32. The number of piperidine rings is 3. The van der Waals surface area contributed by atoms with Crippen LogP contribution in [0.15, 0.2) is 0 Å². The lowest BCUT2D eigenvalue weighted by Gasteiger charge is -2.40. The molecule has 198 valence electrons. The highest BCUT2D eigenvalue weighted by Gasteiger charge is 2.36. The van der Waals surface area contributed by atoms with Crippen LogP contribution >= 0.6 is 0 Å². The van der Waals surface area contributed by atoms with Crippen molar-refractivity contribution in [3.63, 3.8) is 0 Å². The first kappa shape index (κ1) is 27.3. The van der Waals surface area contributed by atoms with Crippen molar-refractivity contribution in [2.45, 2.75) is 96.6 Å². The molecule has 0 aromatic carbocycles. The molecule has 0 radical (unpaired) electrons. The summed E-state index contributed by atoms with van der Waals surface area (Å²) in [6, 6.07) is -0.230. The third kappa shape index (κ3) is 8.10. The first-order valence-corrected chi connectivity index (χ1v) is 13.3. The van der Waals surface area contributed by atoms with Crippen molar-refractivity contribution >= 4 is 23.9 Å². The Bertz CT molecular complexity index is 772. The van der Waals surface area contributed by atoms with E-state index in [9.17, 15) is 24.3 Å². The van der Waals surface area contributed by atoms with E-state index < -0.39 is 11.6 Å². The van der Waals surface area contributed by atoms with Gasteiger partial charge in [0.25, 0.3) is 0 Å². The van der Waals surface area contributed by atoms with Crippen LogP contribution in [0.4, 0.5) is 4.79 Å². The van der Waals surface area contributed by atoms with Crippen LogP contribution in [0, 0.1) is 11.8 Å². The Kier molecular flexibility index (Phi) is 9.41. The fourth-order valence-electron chi connectivity index (χ4n) is 5.56. The van der Waals surface area contributed by atoms with Crippen LogP contribution in [0.2, 0.25) is 0 Å². The SMILES string of the molecule is CC(C)(C)OC(=O)N1CCC(CCC(=O)N2CCC[C@@H](C(=O)N3CCCCC3CC(=O)O)C2)CC1. The number of carbonyl (C=O) groups is 4. The zero-order valence-corrected chi connectivity index (χ0v) is 21.7. The van der Waals surface area contributed by atoms with Gasteiger partial charge in [0.2, 0.25) is 11.8 Å². The molecule has 3 rings (SSSR count). The second kappa shape index (κ2) is 12.1. The first-order chi connectivity index (χ1) is 16.5. The molecule has 3 heterocycles. The highest BCUT2D eigenvalue weighted by atomic mass is 16.6. The summed E-state index contributed by atoms with van der Waals surface area (Å²) in [4.78, 5) is 55.1. The van der Waals surface area contributed by atoms with E-state index in [0.717, 1.165) is 51.4 Å². The topological polar surface area (TPSA) is 107 Å².